The third-order valence-corrected chi connectivity index (χ3v) is 7.62. The molecular formula is C18H23N3O2S2. The van der Waals surface area contributed by atoms with Gasteiger partial charge in [0.05, 0.1) is 0 Å². The Morgan fingerprint density at radius 3 is 2.72 bits per heavy atom. The van der Waals surface area contributed by atoms with Crippen LogP contribution >= 0.6 is 11.3 Å². The van der Waals surface area contributed by atoms with Crippen molar-refractivity contribution >= 4 is 21.5 Å². The third kappa shape index (κ3) is 3.80. The largest absolute Gasteiger partial charge is 0.297 e. The molecule has 0 saturated carbocycles. The third-order valence-electron chi connectivity index (χ3n) is 5.03. The van der Waals surface area contributed by atoms with Crippen LogP contribution < -0.4 is 4.72 Å². The number of hydrogen-bond donors (Lipinski definition) is 1. The average molecular weight is 378 g/mol. The van der Waals surface area contributed by atoms with Gasteiger partial charge in [-0.3, -0.25) is 4.90 Å². The summed E-state index contributed by atoms with van der Waals surface area (Å²) >= 11 is 1.82. The highest BCUT2D eigenvalue weighted by Crippen LogP contribution is 2.24. The normalized spacial score (nSPS) is 18.7. The molecule has 0 fully saturated rings. The van der Waals surface area contributed by atoms with Gasteiger partial charge in [-0.15, -0.1) is 11.3 Å². The Morgan fingerprint density at radius 2 is 1.84 bits per heavy atom. The van der Waals surface area contributed by atoms with Gasteiger partial charge in [-0.1, -0.05) is 24.3 Å². The summed E-state index contributed by atoms with van der Waals surface area (Å²) in [5.41, 5.74) is 3.76. The van der Waals surface area contributed by atoms with Crippen LogP contribution in [0.1, 0.15) is 21.6 Å². The molecule has 0 spiro atoms. The molecule has 2 aromatic rings. The highest BCUT2D eigenvalue weighted by atomic mass is 32.2. The molecule has 7 heteroatoms. The van der Waals surface area contributed by atoms with Gasteiger partial charge in [0.1, 0.15) is 0 Å². The summed E-state index contributed by atoms with van der Waals surface area (Å²) in [7, 11) is -3.42. The molecular weight excluding hydrogens is 354 g/mol. The van der Waals surface area contributed by atoms with Gasteiger partial charge < -0.3 is 0 Å². The van der Waals surface area contributed by atoms with Crippen molar-refractivity contribution in [1.29, 1.82) is 0 Å². The topological polar surface area (TPSA) is 52.7 Å². The zero-order valence-corrected chi connectivity index (χ0v) is 15.8. The molecule has 2 aliphatic heterocycles. The monoisotopic (exact) mass is 377 g/mol. The van der Waals surface area contributed by atoms with E-state index in [2.05, 4.69) is 27.1 Å². The van der Waals surface area contributed by atoms with Gasteiger partial charge in [0.15, 0.2) is 0 Å². The summed E-state index contributed by atoms with van der Waals surface area (Å²) in [4.78, 5) is 3.80. The lowest BCUT2D eigenvalue weighted by atomic mass is 10.0. The van der Waals surface area contributed by atoms with Crippen molar-refractivity contribution in [3.05, 3.63) is 57.3 Å². The van der Waals surface area contributed by atoms with Gasteiger partial charge in [-0.2, -0.15) is 12.7 Å². The first-order valence-corrected chi connectivity index (χ1v) is 11.0. The molecule has 1 aromatic heterocycles. The maximum absolute atomic E-state index is 12.6. The van der Waals surface area contributed by atoms with Crippen LogP contribution in [-0.2, 0) is 36.1 Å². The summed E-state index contributed by atoms with van der Waals surface area (Å²) in [6, 6.07) is 10.3. The standard InChI is InChI=1S/C18H23N3O2S2/c22-25(23,21-10-5-15-3-1-2-4-16(15)14-21)19-8-11-20-9-6-18-17(13-20)7-12-24-18/h1-4,7,12,19H,5-6,8-11,13-14H2. The molecule has 0 saturated heterocycles. The summed E-state index contributed by atoms with van der Waals surface area (Å²) in [5, 5.41) is 2.14. The van der Waals surface area contributed by atoms with Gasteiger partial charge in [0, 0.05) is 44.1 Å². The smallest absolute Gasteiger partial charge is 0.279 e. The maximum atomic E-state index is 12.6. The highest BCUT2D eigenvalue weighted by molar-refractivity contribution is 7.87. The quantitative estimate of drug-likeness (QED) is 0.867. The predicted octanol–water partition coefficient (Wildman–Crippen LogP) is 2.00. The van der Waals surface area contributed by atoms with Crippen LogP contribution in [0.4, 0.5) is 0 Å². The first kappa shape index (κ1) is 17.2. The van der Waals surface area contributed by atoms with Crippen LogP contribution in [0.5, 0.6) is 0 Å². The minimum atomic E-state index is -3.42. The Bertz CT molecular complexity index is 848. The van der Waals surface area contributed by atoms with Crippen molar-refractivity contribution in [3.63, 3.8) is 0 Å². The van der Waals surface area contributed by atoms with E-state index in [1.54, 1.807) is 4.31 Å². The predicted molar refractivity (Wildman–Crippen MR) is 101 cm³/mol. The summed E-state index contributed by atoms with van der Waals surface area (Å²) in [5.74, 6) is 0. The van der Waals surface area contributed by atoms with E-state index >= 15 is 0 Å². The second-order valence-electron chi connectivity index (χ2n) is 6.65. The number of thiophene rings is 1. The van der Waals surface area contributed by atoms with E-state index in [-0.39, 0.29) is 0 Å². The molecule has 134 valence electrons. The number of benzene rings is 1. The lowest BCUT2D eigenvalue weighted by Gasteiger charge is -2.29. The first-order chi connectivity index (χ1) is 12.1. The number of nitrogens with one attached hydrogen (secondary N) is 1. The Hall–Kier alpha value is -1.25. The number of rotatable bonds is 5. The Morgan fingerprint density at radius 1 is 1.00 bits per heavy atom. The Kier molecular flexibility index (Phi) is 4.92. The van der Waals surface area contributed by atoms with Crippen molar-refractivity contribution in [2.45, 2.75) is 25.9 Å². The summed E-state index contributed by atoms with van der Waals surface area (Å²) in [6.45, 7) is 4.16. The number of fused-ring (bicyclic) bond motifs is 2. The van der Waals surface area contributed by atoms with E-state index in [1.165, 1.54) is 16.0 Å². The number of nitrogens with zero attached hydrogens (tertiary/aromatic N) is 2. The second-order valence-corrected chi connectivity index (χ2v) is 9.40. The lowest BCUT2D eigenvalue weighted by molar-refractivity contribution is 0.259. The molecule has 0 bridgehead atoms. The molecule has 3 heterocycles. The van der Waals surface area contributed by atoms with Crippen LogP contribution in [0.3, 0.4) is 0 Å². The van der Waals surface area contributed by atoms with Crippen LogP contribution in [0.25, 0.3) is 0 Å². The Labute approximate surface area is 153 Å². The minimum absolute atomic E-state index is 0.458. The molecule has 25 heavy (non-hydrogen) atoms. The van der Waals surface area contributed by atoms with Crippen LogP contribution in [-0.4, -0.2) is 43.8 Å². The van der Waals surface area contributed by atoms with E-state index in [9.17, 15) is 8.42 Å². The molecule has 0 amide bonds. The van der Waals surface area contributed by atoms with Crippen molar-refractivity contribution in [2.75, 3.05) is 26.2 Å². The second kappa shape index (κ2) is 7.17. The van der Waals surface area contributed by atoms with Crippen LogP contribution in [0.15, 0.2) is 35.7 Å². The van der Waals surface area contributed by atoms with Crippen LogP contribution in [0.2, 0.25) is 0 Å². The number of hydrogen-bond acceptors (Lipinski definition) is 4. The minimum Gasteiger partial charge on any atom is -0.297 e. The molecule has 0 atom stereocenters. The molecule has 1 aromatic carbocycles. The summed E-state index contributed by atoms with van der Waals surface area (Å²) < 4.78 is 29.5. The molecule has 5 nitrogen and oxygen atoms in total. The van der Waals surface area contributed by atoms with E-state index in [4.69, 9.17) is 0 Å². The molecule has 1 N–H and O–H groups in total. The van der Waals surface area contributed by atoms with Gasteiger partial charge in [0.25, 0.3) is 10.2 Å². The van der Waals surface area contributed by atoms with E-state index < -0.39 is 10.2 Å². The SMILES string of the molecule is O=S(=O)(NCCN1CCc2sccc2C1)N1CCc2ccccc2C1. The summed E-state index contributed by atoms with van der Waals surface area (Å²) in [6.07, 6.45) is 1.85. The molecule has 0 aliphatic carbocycles. The van der Waals surface area contributed by atoms with Crippen molar-refractivity contribution in [3.8, 4) is 0 Å². The van der Waals surface area contributed by atoms with E-state index in [1.807, 2.05) is 29.5 Å². The molecule has 0 unspecified atom stereocenters. The fourth-order valence-corrected chi connectivity index (χ4v) is 5.66. The van der Waals surface area contributed by atoms with Crippen LogP contribution in [0, 0.1) is 0 Å². The van der Waals surface area contributed by atoms with Gasteiger partial charge >= 0.3 is 0 Å². The highest BCUT2D eigenvalue weighted by Gasteiger charge is 2.26. The van der Waals surface area contributed by atoms with Crippen molar-refractivity contribution in [2.24, 2.45) is 0 Å². The fourth-order valence-electron chi connectivity index (χ4n) is 3.60. The van der Waals surface area contributed by atoms with Gasteiger partial charge in [0.2, 0.25) is 0 Å². The fraction of sp³-hybridized carbons (Fsp3) is 0.444. The molecule has 2 aliphatic rings. The lowest BCUT2D eigenvalue weighted by Crippen LogP contribution is -2.45. The van der Waals surface area contributed by atoms with Gasteiger partial charge in [-0.25, -0.2) is 4.72 Å². The molecule has 4 rings (SSSR count). The van der Waals surface area contributed by atoms with Gasteiger partial charge in [-0.05, 0) is 41.0 Å². The van der Waals surface area contributed by atoms with E-state index in [0.29, 0.717) is 19.6 Å². The van der Waals surface area contributed by atoms with Crippen molar-refractivity contribution in [1.82, 2.24) is 13.9 Å². The Balaban J connectivity index is 1.31. The zero-order valence-electron chi connectivity index (χ0n) is 14.1. The zero-order chi connectivity index (χ0) is 17.3. The van der Waals surface area contributed by atoms with Crippen molar-refractivity contribution < 1.29 is 8.42 Å². The maximum Gasteiger partial charge on any atom is 0.279 e. The first-order valence-electron chi connectivity index (χ1n) is 8.71. The molecule has 0 radical (unpaired) electrons. The average Bonchev–Trinajstić information content (AvgIpc) is 3.09. The van der Waals surface area contributed by atoms with E-state index in [0.717, 1.165) is 38.0 Å².